The number of methoxy groups -OCH3 is 1. The fourth-order valence-corrected chi connectivity index (χ4v) is 4.31. The van der Waals surface area contributed by atoms with E-state index in [9.17, 15) is 4.79 Å². The number of nitrogens with one attached hydrogen (secondary N) is 1. The number of nitrogens with zero attached hydrogens (tertiary/aromatic N) is 3. The number of benzene rings is 1. The van der Waals surface area contributed by atoms with Gasteiger partial charge in [-0.25, -0.2) is 4.98 Å². The van der Waals surface area contributed by atoms with Crippen molar-refractivity contribution in [1.29, 1.82) is 0 Å². The van der Waals surface area contributed by atoms with E-state index in [1.807, 2.05) is 38.4 Å². The molecule has 0 radical (unpaired) electrons. The zero-order valence-corrected chi connectivity index (χ0v) is 17.4. The minimum atomic E-state index is -0.489. The second-order valence-electron chi connectivity index (χ2n) is 8.29. The molecule has 0 bridgehead atoms. The average Bonchev–Trinajstić information content (AvgIpc) is 3.20. The van der Waals surface area contributed by atoms with Crippen molar-refractivity contribution in [2.75, 3.05) is 20.2 Å². The summed E-state index contributed by atoms with van der Waals surface area (Å²) in [5, 5.41) is 2.99. The van der Waals surface area contributed by atoms with Gasteiger partial charge in [0.15, 0.2) is 6.10 Å². The highest BCUT2D eigenvalue weighted by Crippen LogP contribution is 2.40. The van der Waals surface area contributed by atoms with Crippen molar-refractivity contribution in [3.05, 3.63) is 48.0 Å². The van der Waals surface area contributed by atoms with Crippen LogP contribution in [0.25, 0.3) is 0 Å². The monoisotopic (exact) mass is 398 g/mol. The van der Waals surface area contributed by atoms with Crippen LogP contribution >= 0.6 is 0 Å². The van der Waals surface area contributed by atoms with Gasteiger partial charge in [-0.3, -0.25) is 9.69 Å². The number of amides is 1. The number of hydrogen-bond acceptors (Lipinski definition) is 5. The molecule has 7 heteroatoms. The third-order valence-electron chi connectivity index (χ3n) is 5.81. The highest BCUT2D eigenvalue weighted by Gasteiger charge is 2.47. The summed E-state index contributed by atoms with van der Waals surface area (Å²) in [4.78, 5) is 19.7. The molecule has 0 unspecified atom stereocenters. The molecule has 3 heterocycles. The Morgan fingerprint density at radius 3 is 2.69 bits per heavy atom. The highest BCUT2D eigenvalue weighted by atomic mass is 16.5. The zero-order chi connectivity index (χ0) is 20.4. The topological polar surface area (TPSA) is 68.6 Å². The molecular weight excluding hydrogens is 368 g/mol. The summed E-state index contributed by atoms with van der Waals surface area (Å²) in [5.41, 5.74) is 0.777. The van der Waals surface area contributed by atoms with E-state index in [-0.39, 0.29) is 11.9 Å². The largest absolute Gasteiger partial charge is 0.497 e. The number of fused-ring (bicyclic) bond motifs is 2. The number of carbonyl (C=O) groups is 1. The molecule has 0 saturated carbocycles. The second-order valence-corrected chi connectivity index (χ2v) is 8.29. The van der Waals surface area contributed by atoms with Gasteiger partial charge in [-0.05, 0) is 44.4 Å². The number of rotatable bonds is 5. The van der Waals surface area contributed by atoms with E-state index < -0.39 is 11.7 Å². The Morgan fingerprint density at radius 1 is 1.31 bits per heavy atom. The number of aromatic nitrogens is 2. The molecule has 0 aliphatic carbocycles. The predicted molar refractivity (Wildman–Crippen MR) is 110 cm³/mol. The molecule has 1 fully saturated rings. The Labute approximate surface area is 172 Å². The summed E-state index contributed by atoms with van der Waals surface area (Å²) < 4.78 is 13.8. The highest BCUT2D eigenvalue weighted by molar-refractivity contribution is 5.81. The van der Waals surface area contributed by atoms with E-state index in [2.05, 4.69) is 31.9 Å². The van der Waals surface area contributed by atoms with Gasteiger partial charge in [-0.15, -0.1) is 0 Å². The molecule has 2 aliphatic rings. The van der Waals surface area contributed by atoms with Crippen LogP contribution < -0.4 is 10.1 Å². The van der Waals surface area contributed by atoms with Crippen LogP contribution in [-0.4, -0.2) is 52.7 Å². The lowest BCUT2D eigenvalue weighted by Gasteiger charge is -2.45. The summed E-state index contributed by atoms with van der Waals surface area (Å²) in [6, 6.07) is 8.32. The maximum atomic E-state index is 12.6. The van der Waals surface area contributed by atoms with Crippen LogP contribution in [0.3, 0.4) is 0 Å². The van der Waals surface area contributed by atoms with Crippen LogP contribution in [0.2, 0.25) is 0 Å². The summed E-state index contributed by atoms with van der Waals surface area (Å²) in [5.74, 6) is 1.79. The SMILES string of the molecule is COc1ccc(CN2CCC3(CC2)O[C@H](C(=O)NC(C)C)Cn2ccnc23)cc1. The van der Waals surface area contributed by atoms with Crippen molar-refractivity contribution in [1.82, 2.24) is 19.8 Å². The van der Waals surface area contributed by atoms with Gasteiger partial charge in [0.2, 0.25) is 0 Å². The van der Waals surface area contributed by atoms with Crippen LogP contribution in [0.4, 0.5) is 0 Å². The Hall–Kier alpha value is -2.38. The van der Waals surface area contributed by atoms with E-state index in [0.29, 0.717) is 6.54 Å². The number of piperidine rings is 1. The lowest BCUT2D eigenvalue weighted by Crippen LogP contribution is -2.54. The number of ether oxygens (including phenoxy) is 2. The minimum Gasteiger partial charge on any atom is -0.497 e. The molecule has 1 aromatic carbocycles. The third kappa shape index (κ3) is 4.16. The first kappa shape index (κ1) is 19.9. The van der Waals surface area contributed by atoms with Crippen LogP contribution in [0.1, 0.15) is 38.1 Å². The van der Waals surface area contributed by atoms with Gasteiger partial charge < -0.3 is 19.4 Å². The van der Waals surface area contributed by atoms with Crippen molar-refractivity contribution >= 4 is 5.91 Å². The summed E-state index contributed by atoms with van der Waals surface area (Å²) in [7, 11) is 1.68. The van der Waals surface area contributed by atoms with Crippen LogP contribution in [-0.2, 0) is 28.2 Å². The van der Waals surface area contributed by atoms with Crippen molar-refractivity contribution in [3.8, 4) is 5.75 Å². The first-order valence-corrected chi connectivity index (χ1v) is 10.3. The lowest BCUT2D eigenvalue weighted by atomic mass is 9.88. The Morgan fingerprint density at radius 2 is 2.03 bits per heavy atom. The van der Waals surface area contributed by atoms with Crippen molar-refractivity contribution in [2.24, 2.45) is 0 Å². The molecular formula is C22H30N4O3. The van der Waals surface area contributed by atoms with Crippen LogP contribution in [0.15, 0.2) is 36.7 Å². The van der Waals surface area contributed by atoms with Gasteiger partial charge >= 0.3 is 0 Å². The van der Waals surface area contributed by atoms with Crippen LogP contribution in [0, 0.1) is 0 Å². The summed E-state index contributed by atoms with van der Waals surface area (Å²) in [6.07, 6.45) is 4.94. The van der Waals surface area contributed by atoms with E-state index in [4.69, 9.17) is 9.47 Å². The zero-order valence-electron chi connectivity index (χ0n) is 17.4. The molecule has 29 heavy (non-hydrogen) atoms. The second kappa shape index (κ2) is 8.16. The van der Waals surface area contributed by atoms with Gasteiger partial charge in [0.05, 0.1) is 13.7 Å². The van der Waals surface area contributed by atoms with E-state index in [0.717, 1.165) is 44.0 Å². The number of imidazole rings is 1. The fourth-order valence-electron chi connectivity index (χ4n) is 4.31. The Balaban J connectivity index is 1.45. The van der Waals surface area contributed by atoms with E-state index >= 15 is 0 Å². The lowest BCUT2D eigenvalue weighted by molar-refractivity contribution is -0.174. The molecule has 2 aliphatic heterocycles. The smallest absolute Gasteiger partial charge is 0.251 e. The molecule has 156 valence electrons. The molecule has 7 nitrogen and oxygen atoms in total. The van der Waals surface area contributed by atoms with Crippen molar-refractivity contribution in [3.63, 3.8) is 0 Å². The van der Waals surface area contributed by atoms with Crippen molar-refractivity contribution < 1.29 is 14.3 Å². The quantitative estimate of drug-likeness (QED) is 0.837. The van der Waals surface area contributed by atoms with Gasteiger partial charge in [0.1, 0.15) is 17.2 Å². The molecule has 1 atom stereocenters. The normalized spacial score (nSPS) is 21.2. The Bertz CT molecular complexity index is 838. The molecule has 1 amide bonds. The minimum absolute atomic E-state index is 0.0422. The summed E-state index contributed by atoms with van der Waals surface area (Å²) in [6.45, 7) is 7.15. The standard InChI is InChI=1S/C22H30N4O3/c1-16(2)24-20(27)19-15-26-13-10-23-21(26)22(29-19)8-11-25(12-9-22)14-17-4-6-18(28-3)7-5-17/h4-7,10,13,16,19H,8-9,11-12,14-15H2,1-3H3,(H,24,27)/t19-/m0/s1. The summed E-state index contributed by atoms with van der Waals surface area (Å²) >= 11 is 0. The van der Waals surface area contributed by atoms with E-state index in [1.165, 1.54) is 5.56 Å². The fraction of sp³-hybridized carbons (Fsp3) is 0.545. The average molecular weight is 399 g/mol. The number of carbonyl (C=O) groups excluding carboxylic acids is 1. The number of likely N-dealkylation sites (tertiary alicyclic amines) is 1. The van der Waals surface area contributed by atoms with Gasteiger partial charge in [-0.2, -0.15) is 0 Å². The van der Waals surface area contributed by atoms with Gasteiger partial charge in [-0.1, -0.05) is 12.1 Å². The molecule has 1 aromatic heterocycles. The molecule has 4 rings (SSSR count). The number of hydrogen-bond donors (Lipinski definition) is 1. The maximum absolute atomic E-state index is 12.6. The molecule has 1 spiro atoms. The van der Waals surface area contributed by atoms with Gasteiger partial charge in [0, 0.05) is 38.1 Å². The first-order valence-electron chi connectivity index (χ1n) is 10.3. The van der Waals surface area contributed by atoms with Gasteiger partial charge in [0.25, 0.3) is 5.91 Å². The maximum Gasteiger partial charge on any atom is 0.251 e. The molecule has 1 N–H and O–H groups in total. The predicted octanol–water partition coefficient (Wildman–Crippen LogP) is 2.31. The third-order valence-corrected chi connectivity index (χ3v) is 5.81. The van der Waals surface area contributed by atoms with Crippen molar-refractivity contribution in [2.45, 2.75) is 57.5 Å². The molecule has 2 aromatic rings. The molecule has 1 saturated heterocycles. The Kier molecular flexibility index (Phi) is 5.61. The van der Waals surface area contributed by atoms with Crippen LogP contribution in [0.5, 0.6) is 5.75 Å². The van der Waals surface area contributed by atoms with E-state index in [1.54, 1.807) is 7.11 Å². The first-order chi connectivity index (χ1) is 14.0.